The van der Waals surface area contributed by atoms with Gasteiger partial charge in [0.2, 0.25) is 0 Å². The Kier molecular flexibility index (Phi) is 7.37. The van der Waals surface area contributed by atoms with Crippen molar-refractivity contribution in [1.29, 1.82) is 0 Å². The van der Waals surface area contributed by atoms with E-state index in [1.165, 1.54) is 22.3 Å². The predicted molar refractivity (Wildman–Crippen MR) is 117 cm³/mol. The summed E-state index contributed by atoms with van der Waals surface area (Å²) >= 11 is 0. The Morgan fingerprint density at radius 2 is 1.43 bits per heavy atom. The zero-order chi connectivity index (χ0) is 21.7. The molecule has 0 fully saturated rings. The maximum absolute atomic E-state index is 11.6. The van der Waals surface area contributed by atoms with E-state index < -0.39 is 5.91 Å². The summed E-state index contributed by atoms with van der Waals surface area (Å²) in [4.78, 5) is 27.3. The second-order valence-corrected chi connectivity index (χ2v) is 8.16. The number of ketones is 1. The lowest BCUT2D eigenvalue weighted by Gasteiger charge is -2.25. The molecule has 6 heteroatoms. The number of carbonyl (C=O) groups excluding carboxylic acids is 2. The standard InChI is InChI=1S/C13H17NO.C11H14N2O2/c1-3-13(15)11-5-4-10-6-7-14(2)9-12(10)8-11;1-13-5-4-8-6-9(11(14)12-15)2-3-10(8)7-13/h4-5,8H,3,6-7,9H2,1-2H3;2-3,6,15H,4-5,7H2,1H3,(H,12,14). The Bertz CT molecular complexity index is 926. The number of hydroxylamine groups is 1. The minimum Gasteiger partial charge on any atom is -0.302 e. The monoisotopic (exact) mass is 409 g/mol. The van der Waals surface area contributed by atoms with Gasteiger partial charge in [-0.05, 0) is 67.4 Å². The molecule has 0 aromatic heterocycles. The molecule has 0 radical (unpaired) electrons. The summed E-state index contributed by atoms with van der Waals surface area (Å²) in [5.74, 6) is -0.206. The normalized spacial score (nSPS) is 16.0. The lowest BCUT2D eigenvalue weighted by atomic mass is 9.96. The third-order valence-corrected chi connectivity index (χ3v) is 5.83. The molecular formula is C24H31N3O3. The van der Waals surface area contributed by atoms with E-state index in [1.54, 1.807) is 11.5 Å². The summed E-state index contributed by atoms with van der Waals surface area (Å²) in [6.45, 7) is 5.94. The number of amides is 1. The molecule has 2 aliphatic heterocycles. The summed E-state index contributed by atoms with van der Waals surface area (Å²) in [6, 6.07) is 11.7. The highest BCUT2D eigenvalue weighted by molar-refractivity contribution is 5.96. The van der Waals surface area contributed by atoms with E-state index in [9.17, 15) is 9.59 Å². The molecule has 30 heavy (non-hydrogen) atoms. The van der Waals surface area contributed by atoms with Gasteiger partial charge in [0.25, 0.3) is 5.91 Å². The molecule has 6 nitrogen and oxygen atoms in total. The van der Waals surface area contributed by atoms with Crippen molar-refractivity contribution in [1.82, 2.24) is 15.3 Å². The van der Waals surface area contributed by atoms with Crippen LogP contribution in [0.2, 0.25) is 0 Å². The summed E-state index contributed by atoms with van der Waals surface area (Å²) in [5, 5.41) is 8.53. The number of nitrogens with zero attached hydrogens (tertiary/aromatic N) is 2. The molecule has 2 heterocycles. The minimum absolute atomic E-state index is 0.242. The topological polar surface area (TPSA) is 72.9 Å². The number of nitrogens with one attached hydrogen (secondary N) is 1. The summed E-state index contributed by atoms with van der Waals surface area (Å²) < 4.78 is 0. The zero-order valence-electron chi connectivity index (χ0n) is 18.1. The largest absolute Gasteiger partial charge is 0.302 e. The molecular weight excluding hydrogens is 378 g/mol. The van der Waals surface area contributed by atoms with Crippen molar-refractivity contribution in [2.24, 2.45) is 0 Å². The van der Waals surface area contributed by atoms with Crippen LogP contribution in [0.3, 0.4) is 0 Å². The van der Waals surface area contributed by atoms with Gasteiger partial charge in [-0.1, -0.05) is 25.1 Å². The van der Waals surface area contributed by atoms with Gasteiger partial charge in [-0.2, -0.15) is 0 Å². The molecule has 2 aliphatic rings. The van der Waals surface area contributed by atoms with Crippen LogP contribution in [0.1, 0.15) is 56.3 Å². The zero-order valence-corrected chi connectivity index (χ0v) is 18.1. The Labute approximate surface area is 178 Å². The fourth-order valence-electron chi connectivity index (χ4n) is 3.98. The van der Waals surface area contributed by atoms with Crippen LogP contribution >= 0.6 is 0 Å². The van der Waals surface area contributed by atoms with Gasteiger partial charge in [0.15, 0.2) is 5.78 Å². The first-order valence-electron chi connectivity index (χ1n) is 10.5. The first-order chi connectivity index (χ1) is 14.4. The van der Waals surface area contributed by atoms with Crippen LogP contribution in [0.4, 0.5) is 0 Å². The fraction of sp³-hybridized carbons (Fsp3) is 0.417. The second kappa shape index (κ2) is 9.98. The molecule has 0 unspecified atom stereocenters. The fourth-order valence-corrected chi connectivity index (χ4v) is 3.98. The third-order valence-electron chi connectivity index (χ3n) is 5.83. The second-order valence-electron chi connectivity index (χ2n) is 8.16. The highest BCUT2D eigenvalue weighted by Gasteiger charge is 2.16. The van der Waals surface area contributed by atoms with Crippen LogP contribution in [0, 0.1) is 0 Å². The highest BCUT2D eigenvalue weighted by atomic mass is 16.5. The maximum atomic E-state index is 11.6. The predicted octanol–water partition coefficient (Wildman–Crippen LogP) is 3.06. The van der Waals surface area contributed by atoms with Crippen molar-refractivity contribution in [2.45, 2.75) is 39.3 Å². The van der Waals surface area contributed by atoms with Crippen molar-refractivity contribution in [3.8, 4) is 0 Å². The number of hydrogen-bond acceptors (Lipinski definition) is 5. The molecule has 0 spiro atoms. The number of Topliss-reactive ketones (excluding diaryl/α,β-unsaturated/α-hetero) is 1. The Morgan fingerprint density at radius 3 is 2.10 bits per heavy atom. The van der Waals surface area contributed by atoms with Gasteiger partial charge in [0, 0.05) is 43.7 Å². The van der Waals surface area contributed by atoms with E-state index in [-0.39, 0.29) is 5.78 Å². The maximum Gasteiger partial charge on any atom is 0.274 e. The average molecular weight is 410 g/mol. The molecule has 2 aromatic carbocycles. The highest BCUT2D eigenvalue weighted by Crippen LogP contribution is 2.20. The molecule has 160 valence electrons. The smallest absolute Gasteiger partial charge is 0.274 e. The van der Waals surface area contributed by atoms with Crippen molar-refractivity contribution >= 4 is 11.7 Å². The molecule has 2 N–H and O–H groups in total. The van der Waals surface area contributed by atoms with Gasteiger partial charge in [-0.3, -0.25) is 14.8 Å². The van der Waals surface area contributed by atoms with E-state index in [0.29, 0.717) is 12.0 Å². The van der Waals surface area contributed by atoms with E-state index in [0.717, 1.165) is 44.6 Å². The van der Waals surface area contributed by atoms with Gasteiger partial charge in [0.1, 0.15) is 0 Å². The van der Waals surface area contributed by atoms with E-state index in [4.69, 9.17) is 5.21 Å². The molecule has 0 bridgehead atoms. The first-order valence-corrected chi connectivity index (χ1v) is 10.5. The Morgan fingerprint density at radius 1 is 0.867 bits per heavy atom. The summed E-state index contributed by atoms with van der Waals surface area (Å²) in [7, 11) is 4.20. The van der Waals surface area contributed by atoms with Crippen LogP contribution < -0.4 is 5.48 Å². The van der Waals surface area contributed by atoms with Gasteiger partial charge < -0.3 is 9.80 Å². The van der Waals surface area contributed by atoms with Gasteiger partial charge in [-0.15, -0.1) is 0 Å². The molecule has 1 amide bonds. The van der Waals surface area contributed by atoms with Crippen molar-refractivity contribution in [3.05, 3.63) is 69.8 Å². The average Bonchev–Trinajstić information content (AvgIpc) is 2.77. The van der Waals surface area contributed by atoms with Crippen LogP contribution in [-0.2, 0) is 25.9 Å². The van der Waals surface area contributed by atoms with Crippen LogP contribution in [0.25, 0.3) is 0 Å². The molecule has 0 atom stereocenters. The van der Waals surface area contributed by atoms with Crippen molar-refractivity contribution in [3.63, 3.8) is 0 Å². The molecule has 0 aliphatic carbocycles. The third kappa shape index (κ3) is 5.33. The van der Waals surface area contributed by atoms with Gasteiger partial charge in [-0.25, -0.2) is 5.48 Å². The molecule has 0 saturated carbocycles. The summed E-state index contributed by atoms with van der Waals surface area (Å²) in [5.41, 5.74) is 8.22. The van der Waals surface area contributed by atoms with E-state index >= 15 is 0 Å². The van der Waals surface area contributed by atoms with E-state index in [2.05, 4.69) is 36.0 Å². The Hall–Kier alpha value is -2.54. The van der Waals surface area contributed by atoms with Gasteiger partial charge >= 0.3 is 0 Å². The quantitative estimate of drug-likeness (QED) is 0.463. The van der Waals surface area contributed by atoms with Crippen molar-refractivity contribution < 1.29 is 14.8 Å². The van der Waals surface area contributed by atoms with Crippen LogP contribution in [0.15, 0.2) is 36.4 Å². The minimum atomic E-state index is -0.447. The molecule has 4 rings (SSSR count). The van der Waals surface area contributed by atoms with E-state index in [1.807, 2.05) is 25.1 Å². The lowest BCUT2D eigenvalue weighted by Crippen LogP contribution is -2.27. The van der Waals surface area contributed by atoms with Crippen molar-refractivity contribution in [2.75, 3.05) is 27.2 Å². The molecule has 0 saturated heterocycles. The van der Waals surface area contributed by atoms with Gasteiger partial charge in [0.05, 0.1) is 0 Å². The number of likely N-dealkylation sites (N-methyl/N-ethyl adjacent to an activating group) is 2. The van der Waals surface area contributed by atoms with Crippen LogP contribution in [-0.4, -0.2) is 53.9 Å². The SMILES string of the molecule is CCC(=O)c1ccc2c(c1)CN(C)CC2.CN1CCc2cc(C(=O)NO)ccc2C1. The Balaban J connectivity index is 0.000000171. The number of hydrogen-bond donors (Lipinski definition) is 2. The van der Waals surface area contributed by atoms with Crippen LogP contribution in [0.5, 0.6) is 0 Å². The first kappa shape index (κ1) is 22.2. The number of rotatable bonds is 3. The summed E-state index contributed by atoms with van der Waals surface area (Å²) in [6.07, 6.45) is 2.65. The number of fused-ring (bicyclic) bond motifs is 2. The number of benzene rings is 2. The number of carbonyl (C=O) groups is 2. The molecule has 2 aromatic rings. The lowest BCUT2D eigenvalue weighted by molar-refractivity contribution is 0.0706.